The average molecular weight is 444 g/mol. The van der Waals surface area contributed by atoms with Crippen LogP contribution < -0.4 is 10.0 Å². The first-order chi connectivity index (χ1) is 10.9. The van der Waals surface area contributed by atoms with Crippen LogP contribution in [0.1, 0.15) is 5.56 Å². The topological polar surface area (TPSA) is 75.3 Å². The van der Waals surface area contributed by atoms with E-state index in [9.17, 15) is 13.2 Å². The number of carbonyl (C=O) groups is 1. The first kappa shape index (κ1) is 17.9. The SMILES string of the molecule is CNC(=O)[C@@H](Cc1ccccc1)NS(=O)(=O)c1ccc(I)cc1. The molecule has 0 unspecified atom stereocenters. The van der Waals surface area contributed by atoms with E-state index in [0.29, 0.717) is 0 Å². The van der Waals surface area contributed by atoms with Gasteiger partial charge in [-0.3, -0.25) is 4.79 Å². The van der Waals surface area contributed by atoms with Crippen LogP contribution in [-0.4, -0.2) is 27.4 Å². The van der Waals surface area contributed by atoms with Crippen LogP contribution in [0.5, 0.6) is 0 Å². The maximum absolute atomic E-state index is 12.5. The standard InChI is InChI=1S/C16H17IN2O3S/c1-18-16(20)15(11-12-5-3-2-4-6-12)19-23(21,22)14-9-7-13(17)8-10-14/h2-10,15,19H,11H2,1H3,(H,18,20)/t15-/m1/s1. The lowest BCUT2D eigenvalue weighted by molar-refractivity contribution is -0.122. The van der Waals surface area contributed by atoms with Gasteiger partial charge in [0.05, 0.1) is 4.90 Å². The van der Waals surface area contributed by atoms with Crippen molar-refractivity contribution in [2.75, 3.05) is 7.05 Å². The molecule has 122 valence electrons. The zero-order valence-corrected chi connectivity index (χ0v) is 15.5. The summed E-state index contributed by atoms with van der Waals surface area (Å²) in [6.45, 7) is 0. The van der Waals surface area contributed by atoms with Gasteiger partial charge in [0.1, 0.15) is 6.04 Å². The van der Waals surface area contributed by atoms with E-state index in [1.165, 1.54) is 19.2 Å². The highest BCUT2D eigenvalue weighted by Crippen LogP contribution is 2.13. The van der Waals surface area contributed by atoms with Gasteiger partial charge >= 0.3 is 0 Å². The second-order valence-electron chi connectivity index (χ2n) is 4.93. The highest BCUT2D eigenvalue weighted by Gasteiger charge is 2.25. The number of nitrogens with one attached hydrogen (secondary N) is 2. The fourth-order valence-corrected chi connectivity index (χ4v) is 3.64. The molecule has 2 aromatic carbocycles. The molecule has 1 amide bonds. The molecule has 2 aromatic rings. The second kappa shape index (κ2) is 7.89. The maximum atomic E-state index is 12.5. The minimum Gasteiger partial charge on any atom is -0.358 e. The second-order valence-corrected chi connectivity index (χ2v) is 7.89. The number of sulfonamides is 1. The summed E-state index contributed by atoms with van der Waals surface area (Å²) >= 11 is 2.10. The van der Waals surface area contributed by atoms with E-state index in [1.807, 2.05) is 30.3 Å². The van der Waals surface area contributed by atoms with E-state index in [1.54, 1.807) is 12.1 Å². The molecule has 0 saturated heterocycles. The van der Waals surface area contributed by atoms with Gasteiger partial charge < -0.3 is 5.32 Å². The number of amides is 1. The lowest BCUT2D eigenvalue weighted by Crippen LogP contribution is -2.46. The highest BCUT2D eigenvalue weighted by atomic mass is 127. The number of carbonyl (C=O) groups excluding carboxylic acids is 1. The maximum Gasteiger partial charge on any atom is 0.241 e. The lowest BCUT2D eigenvalue weighted by atomic mass is 10.1. The summed E-state index contributed by atoms with van der Waals surface area (Å²) in [5.74, 6) is -0.372. The largest absolute Gasteiger partial charge is 0.358 e. The number of halogens is 1. The molecule has 0 heterocycles. The van der Waals surface area contributed by atoms with Crippen molar-refractivity contribution in [3.05, 3.63) is 63.7 Å². The van der Waals surface area contributed by atoms with Gasteiger partial charge in [-0.05, 0) is 58.8 Å². The molecule has 1 atom stereocenters. The Labute approximate surface area is 149 Å². The van der Waals surface area contributed by atoms with E-state index >= 15 is 0 Å². The van der Waals surface area contributed by atoms with E-state index < -0.39 is 16.1 Å². The normalized spacial score (nSPS) is 12.6. The summed E-state index contributed by atoms with van der Waals surface area (Å²) in [5.41, 5.74) is 0.881. The Morgan fingerprint density at radius 1 is 1.09 bits per heavy atom. The number of likely N-dealkylation sites (N-methyl/N-ethyl adjacent to an activating group) is 1. The summed E-state index contributed by atoms with van der Waals surface area (Å²) in [6.07, 6.45) is 0.282. The first-order valence-corrected chi connectivity index (χ1v) is 9.52. The van der Waals surface area contributed by atoms with Crippen LogP contribution in [0.25, 0.3) is 0 Å². The monoisotopic (exact) mass is 444 g/mol. The zero-order chi connectivity index (χ0) is 16.9. The molecule has 0 saturated carbocycles. The molecule has 0 bridgehead atoms. The Hall–Kier alpha value is -1.45. The van der Waals surface area contributed by atoms with Crippen LogP contribution >= 0.6 is 22.6 Å². The van der Waals surface area contributed by atoms with Crippen LogP contribution in [0.2, 0.25) is 0 Å². The first-order valence-electron chi connectivity index (χ1n) is 6.96. The molecule has 0 aliphatic heterocycles. The van der Waals surface area contributed by atoms with Gasteiger partial charge in [0.15, 0.2) is 0 Å². The van der Waals surface area contributed by atoms with Gasteiger partial charge in [-0.25, -0.2) is 8.42 Å². The molecular weight excluding hydrogens is 427 g/mol. The Bertz CT molecular complexity index is 762. The molecule has 0 aliphatic rings. The van der Waals surface area contributed by atoms with Gasteiger partial charge in [0.2, 0.25) is 15.9 Å². The van der Waals surface area contributed by atoms with Crippen LogP contribution in [-0.2, 0) is 21.2 Å². The van der Waals surface area contributed by atoms with Crippen molar-refractivity contribution in [2.24, 2.45) is 0 Å². The molecule has 23 heavy (non-hydrogen) atoms. The van der Waals surface area contributed by atoms with Gasteiger partial charge in [-0.2, -0.15) is 4.72 Å². The molecule has 0 aromatic heterocycles. The highest BCUT2D eigenvalue weighted by molar-refractivity contribution is 14.1. The summed E-state index contributed by atoms with van der Waals surface area (Å²) in [5, 5.41) is 2.50. The van der Waals surface area contributed by atoms with Gasteiger partial charge in [0.25, 0.3) is 0 Å². The predicted octanol–water partition coefficient (Wildman–Crippen LogP) is 1.93. The minimum absolute atomic E-state index is 0.139. The Morgan fingerprint density at radius 3 is 2.26 bits per heavy atom. The fraction of sp³-hybridized carbons (Fsp3) is 0.188. The predicted molar refractivity (Wildman–Crippen MR) is 97.5 cm³/mol. The summed E-state index contributed by atoms with van der Waals surface area (Å²) in [4.78, 5) is 12.2. The molecule has 2 N–H and O–H groups in total. The van der Waals surface area contributed by atoms with Crippen molar-refractivity contribution in [3.8, 4) is 0 Å². The summed E-state index contributed by atoms with van der Waals surface area (Å²) < 4.78 is 28.4. The Morgan fingerprint density at radius 2 is 1.70 bits per heavy atom. The van der Waals surface area contributed by atoms with Crippen molar-refractivity contribution in [2.45, 2.75) is 17.4 Å². The molecule has 0 radical (unpaired) electrons. The Balaban J connectivity index is 2.23. The lowest BCUT2D eigenvalue weighted by Gasteiger charge is -2.17. The zero-order valence-electron chi connectivity index (χ0n) is 12.5. The third-order valence-electron chi connectivity index (χ3n) is 3.27. The number of hydrogen-bond donors (Lipinski definition) is 2. The van der Waals surface area contributed by atoms with E-state index in [4.69, 9.17) is 0 Å². The van der Waals surface area contributed by atoms with Crippen molar-refractivity contribution in [3.63, 3.8) is 0 Å². The number of hydrogen-bond acceptors (Lipinski definition) is 3. The van der Waals surface area contributed by atoms with Crippen LogP contribution in [0, 0.1) is 3.57 Å². The summed E-state index contributed by atoms with van der Waals surface area (Å²) in [7, 11) is -2.28. The van der Waals surface area contributed by atoms with Gasteiger partial charge in [0, 0.05) is 10.6 Å². The van der Waals surface area contributed by atoms with E-state index in [2.05, 4.69) is 32.6 Å². The molecular formula is C16H17IN2O3S. The van der Waals surface area contributed by atoms with E-state index in [-0.39, 0.29) is 17.2 Å². The van der Waals surface area contributed by atoms with Crippen LogP contribution in [0.15, 0.2) is 59.5 Å². The van der Waals surface area contributed by atoms with Gasteiger partial charge in [-0.1, -0.05) is 30.3 Å². The van der Waals surface area contributed by atoms with Crippen LogP contribution in [0.4, 0.5) is 0 Å². The molecule has 0 fully saturated rings. The Kier molecular flexibility index (Phi) is 6.14. The smallest absolute Gasteiger partial charge is 0.241 e. The van der Waals surface area contributed by atoms with Gasteiger partial charge in [-0.15, -0.1) is 0 Å². The third kappa shape index (κ3) is 5.02. The third-order valence-corrected chi connectivity index (χ3v) is 5.47. The van der Waals surface area contributed by atoms with Crippen molar-refractivity contribution >= 4 is 38.5 Å². The number of benzene rings is 2. The van der Waals surface area contributed by atoms with Crippen molar-refractivity contribution in [1.29, 1.82) is 0 Å². The molecule has 0 aliphatic carbocycles. The molecule has 0 spiro atoms. The van der Waals surface area contributed by atoms with Crippen LogP contribution in [0.3, 0.4) is 0 Å². The molecule has 7 heteroatoms. The van der Waals surface area contributed by atoms with Crippen molar-refractivity contribution in [1.82, 2.24) is 10.0 Å². The fourth-order valence-electron chi connectivity index (χ4n) is 2.08. The summed E-state index contributed by atoms with van der Waals surface area (Å²) in [6, 6.07) is 14.9. The minimum atomic E-state index is -3.77. The quantitative estimate of drug-likeness (QED) is 0.669. The van der Waals surface area contributed by atoms with Crippen molar-refractivity contribution < 1.29 is 13.2 Å². The molecule has 2 rings (SSSR count). The van der Waals surface area contributed by atoms with E-state index in [0.717, 1.165) is 9.13 Å². The average Bonchev–Trinajstić information content (AvgIpc) is 2.54. The number of rotatable bonds is 6. The molecule has 5 nitrogen and oxygen atoms in total.